The number of carbonyl (C=O) groups is 1. The molecule has 0 bridgehead atoms. The van der Waals surface area contributed by atoms with E-state index in [-0.39, 0.29) is 5.91 Å². The standard InChI is InChI=1S/C19H20N2O2/c1-3-21(14-17-9-5-6-11-18(17)23-4-2)19(22)16-10-7-8-15(12-16)13-20/h5-12H,3-4,14H2,1-2H3. The zero-order chi connectivity index (χ0) is 16.7. The number of rotatable bonds is 6. The second-order valence-corrected chi connectivity index (χ2v) is 5.05. The van der Waals surface area contributed by atoms with Gasteiger partial charge in [-0.1, -0.05) is 24.3 Å². The summed E-state index contributed by atoms with van der Waals surface area (Å²) in [5.41, 5.74) is 1.99. The molecule has 1 amide bonds. The Balaban J connectivity index is 2.23. The number of amides is 1. The van der Waals surface area contributed by atoms with E-state index in [1.807, 2.05) is 38.1 Å². The quantitative estimate of drug-likeness (QED) is 0.819. The zero-order valence-corrected chi connectivity index (χ0v) is 13.5. The molecule has 0 aromatic heterocycles. The molecule has 0 radical (unpaired) electrons. The molecule has 0 heterocycles. The molecule has 0 aliphatic rings. The molecule has 23 heavy (non-hydrogen) atoms. The average Bonchev–Trinajstić information content (AvgIpc) is 2.60. The lowest BCUT2D eigenvalue weighted by Gasteiger charge is -2.22. The average molecular weight is 308 g/mol. The summed E-state index contributed by atoms with van der Waals surface area (Å²) in [5.74, 6) is 0.711. The van der Waals surface area contributed by atoms with Crippen molar-refractivity contribution >= 4 is 5.91 Å². The van der Waals surface area contributed by atoms with Crippen LogP contribution < -0.4 is 4.74 Å². The number of nitriles is 1. The van der Waals surface area contributed by atoms with E-state index in [2.05, 4.69) is 6.07 Å². The van der Waals surface area contributed by atoms with Gasteiger partial charge >= 0.3 is 0 Å². The molecule has 0 aliphatic heterocycles. The van der Waals surface area contributed by atoms with Gasteiger partial charge in [-0.25, -0.2) is 0 Å². The highest BCUT2D eigenvalue weighted by Gasteiger charge is 2.16. The minimum absolute atomic E-state index is 0.0871. The summed E-state index contributed by atoms with van der Waals surface area (Å²) >= 11 is 0. The van der Waals surface area contributed by atoms with Crippen molar-refractivity contribution in [1.82, 2.24) is 4.90 Å². The van der Waals surface area contributed by atoms with E-state index in [0.29, 0.717) is 30.8 Å². The van der Waals surface area contributed by atoms with Crippen LogP contribution in [0.4, 0.5) is 0 Å². The molecule has 0 N–H and O–H groups in total. The molecular weight excluding hydrogens is 288 g/mol. The van der Waals surface area contributed by atoms with Gasteiger partial charge in [-0.05, 0) is 38.1 Å². The van der Waals surface area contributed by atoms with E-state index >= 15 is 0 Å². The summed E-state index contributed by atoms with van der Waals surface area (Å²) < 4.78 is 5.62. The molecule has 0 unspecified atom stereocenters. The number of carbonyl (C=O) groups excluding carboxylic acids is 1. The van der Waals surface area contributed by atoms with Crippen molar-refractivity contribution < 1.29 is 9.53 Å². The van der Waals surface area contributed by atoms with E-state index in [4.69, 9.17) is 10.00 Å². The highest BCUT2D eigenvalue weighted by atomic mass is 16.5. The lowest BCUT2D eigenvalue weighted by atomic mass is 10.1. The van der Waals surface area contributed by atoms with Crippen LogP contribution in [-0.4, -0.2) is 24.0 Å². The van der Waals surface area contributed by atoms with Gasteiger partial charge in [-0.2, -0.15) is 5.26 Å². The van der Waals surface area contributed by atoms with Crippen LogP contribution in [0.25, 0.3) is 0 Å². The van der Waals surface area contributed by atoms with Crippen LogP contribution >= 0.6 is 0 Å². The maximum atomic E-state index is 12.7. The van der Waals surface area contributed by atoms with E-state index in [1.165, 1.54) is 0 Å². The molecular formula is C19H20N2O2. The number of nitrogens with zero attached hydrogens (tertiary/aromatic N) is 2. The summed E-state index contributed by atoms with van der Waals surface area (Å²) in [4.78, 5) is 14.4. The van der Waals surface area contributed by atoms with Crippen LogP contribution in [0.5, 0.6) is 5.75 Å². The number of hydrogen-bond acceptors (Lipinski definition) is 3. The van der Waals surface area contributed by atoms with Crippen molar-refractivity contribution in [1.29, 1.82) is 5.26 Å². The monoisotopic (exact) mass is 308 g/mol. The second-order valence-electron chi connectivity index (χ2n) is 5.05. The maximum Gasteiger partial charge on any atom is 0.254 e. The summed E-state index contributed by atoms with van der Waals surface area (Å²) in [7, 11) is 0. The Kier molecular flexibility index (Phi) is 5.76. The Morgan fingerprint density at radius 1 is 1.17 bits per heavy atom. The Morgan fingerprint density at radius 2 is 1.96 bits per heavy atom. The van der Waals surface area contributed by atoms with Gasteiger partial charge in [0.1, 0.15) is 5.75 Å². The van der Waals surface area contributed by atoms with Gasteiger partial charge in [-0.15, -0.1) is 0 Å². The van der Waals surface area contributed by atoms with Crippen LogP contribution in [0.1, 0.15) is 35.3 Å². The van der Waals surface area contributed by atoms with E-state index < -0.39 is 0 Å². The van der Waals surface area contributed by atoms with Crippen molar-refractivity contribution in [2.45, 2.75) is 20.4 Å². The Labute approximate surface area is 136 Å². The van der Waals surface area contributed by atoms with Crippen molar-refractivity contribution in [3.05, 3.63) is 65.2 Å². The third kappa shape index (κ3) is 4.10. The largest absolute Gasteiger partial charge is 0.494 e. The maximum absolute atomic E-state index is 12.7. The summed E-state index contributed by atoms with van der Waals surface area (Å²) in [5, 5.41) is 8.98. The molecule has 0 fully saturated rings. The number of ether oxygens (including phenoxy) is 1. The number of para-hydroxylation sites is 1. The third-order valence-electron chi connectivity index (χ3n) is 3.54. The van der Waals surface area contributed by atoms with Crippen molar-refractivity contribution in [3.8, 4) is 11.8 Å². The van der Waals surface area contributed by atoms with Gasteiger partial charge < -0.3 is 9.64 Å². The molecule has 4 heteroatoms. The molecule has 118 valence electrons. The van der Waals surface area contributed by atoms with Crippen LogP contribution in [0.3, 0.4) is 0 Å². The fourth-order valence-electron chi connectivity index (χ4n) is 2.37. The first-order valence-electron chi connectivity index (χ1n) is 7.69. The molecule has 0 aliphatic carbocycles. The molecule has 0 saturated carbocycles. The molecule has 0 saturated heterocycles. The van der Waals surface area contributed by atoms with E-state index in [9.17, 15) is 4.79 Å². The van der Waals surface area contributed by atoms with Crippen molar-refractivity contribution in [3.63, 3.8) is 0 Å². The first-order valence-corrected chi connectivity index (χ1v) is 7.69. The predicted molar refractivity (Wildman–Crippen MR) is 89.2 cm³/mol. The van der Waals surface area contributed by atoms with Crippen LogP contribution in [0, 0.1) is 11.3 Å². The molecule has 0 spiro atoms. The first kappa shape index (κ1) is 16.6. The molecule has 0 atom stereocenters. The Morgan fingerprint density at radius 3 is 2.65 bits per heavy atom. The molecule has 2 aromatic rings. The number of benzene rings is 2. The topological polar surface area (TPSA) is 53.3 Å². The van der Waals surface area contributed by atoms with Crippen LogP contribution in [0.15, 0.2) is 48.5 Å². The van der Waals surface area contributed by atoms with Gasteiger partial charge in [0.05, 0.1) is 18.2 Å². The van der Waals surface area contributed by atoms with Crippen molar-refractivity contribution in [2.24, 2.45) is 0 Å². The van der Waals surface area contributed by atoms with Crippen LogP contribution in [0.2, 0.25) is 0 Å². The Hall–Kier alpha value is -2.80. The minimum atomic E-state index is -0.0871. The zero-order valence-electron chi connectivity index (χ0n) is 13.5. The fraction of sp³-hybridized carbons (Fsp3) is 0.263. The lowest BCUT2D eigenvalue weighted by molar-refractivity contribution is 0.0751. The van der Waals surface area contributed by atoms with Gasteiger partial charge in [0.15, 0.2) is 0 Å². The van der Waals surface area contributed by atoms with Crippen LogP contribution in [-0.2, 0) is 6.54 Å². The third-order valence-corrected chi connectivity index (χ3v) is 3.54. The lowest BCUT2D eigenvalue weighted by Crippen LogP contribution is -2.30. The van der Waals surface area contributed by atoms with Gasteiger partial charge in [0, 0.05) is 24.2 Å². The second kappa shape index (κ2) is 8.00. The summed E-state index contributed by atoms with van der Waals surface area (Å²) in [6, 6.07) is 16.6. The summed E-state index contributed by atoms with van der Waals surface area (Å²) in [6.07, 6.45) is 0. The number of hydrogen-bond donors (Lipinski definition) is 0. The van der Waals surface area contributed by atoms with E-state index in [1.54, 1.807) is 29.2 Å². The highest BCUT2D eigenvalue weighted by Crippen LogP contribution is 2.21. The molecule has 4 nitrogen and oxygen atoms in total. The molecule has 2 rings (SSSR count). The SMILES string of the molecule is CCOc1ccccc1CN(CC)C(=O)c1cccc(C#N)c1. The Bertz CT molecular complexity index is 719. The van der Waals surface area contributed by atoms with Crippen molar-refractivity contribution in [2.75, 3.05) is 13.2 Å². The van der Waals surface area contributed by atoms with E-state index in [0.717, 1.165) is 11.3 Å². The fourth-order valence-corrected chi connectivity index (χ4v) is 2.37. The van der Waals surface area contributed by atoms with Gasteiger partial charge in [0.2, 0.25) is 0 Å². The minimum Gasteiger partial charge on any atom is -0.494 e. The molecule has 2 aromatic carbocycles. The highest BCUT2D eigenvalue weighted by molar-refractivity contribution is 5.94. The summed E-state index contributed by atoms with van der Waals surface area (Å²) in [6.45, 7) is 5.52. The normalized spacial score (nSPS) is 9.96. The predicted octanol–water partition coefficient (Wildman–Crippen LogP) is 3.62. The van der Waals surface area contributed by atoms with Gasteiger partial charge in [-0.3, -0.25) is 4.79 Å². The van der Waals surface area contributed by atoms with Gasteiger partial charge in [0.25, 0.3) is 5.91 Å². The first-order chi connectivity index (χ1) is 11.2. The smallest absolute Gasteiger partial charge is 0.254 e.